The Balaban J connectivity index is 0.00000341. The van der Waals surface area contributed by atoms with Crippen LogP contribution in [-0.4, -0.2) is 73.0 Å². The van der Waals surface area contributed by atoms with Crippen LogP contribution in [0.5, 0.6) is 0 Å². The van der Waals surface area contributed by atoms with Gasteiger partial charge in [-0.2, -0.15) is 0 Å². The minimum absolute atomic E-state index is 0. The summed E-state index contributed by atoms with van der Waals surface area (Å²) in [6.07, 6.45) is 1.55. The topological polar surface area (TPSA) is 66.0 Å². The minimum Gasteiger partial charge on any atom is -0.459 e. The van der Waals surface area contributed by atoms with Gasteiger partial charge in [0.25, 0.3) is 5.91 Å². The maximum Gasteiger partial charge on any atom is 0.342 e. The van der Waals surface area contributed by atoms with Crippen molar-refractivity contribution in [3.05, 3.63) is 59.3 Å². The van der Waals surface area contributed by atoms with Crippen LogP contribution in [0, 0.1) is 0 Å². The van der Waals surface area contributed by atoms with Gasteiger partial charge in [0, 0.05) is 58.6 Å². The van der Waals surface area contributed by atoms with Gasteiger partial charge in [0.2, 0.25) is 0 Å². The lowest BCUT2D eigenvalue weighted by molar-refractivity contribution is 0.0378. The fourth-order valence-electron chi connectivity index (χ4n) is 3.47. The predicted molar refractivity (Wildman–Crippen MR) is 124 cm³/mol. The van der Waals surface area contributed by atoms with E-state index in [1.54, 1.807) is 37.3 Å². The van der Waals surface area contributed by atoms with Crippen molar-refractivity contribution in [2.45, 2.75) is 26.5 Å². The van der Waals surface area contributed by atoms with Crippen molar-refractivity contribution in [3.63, 3.8) is 0 Å². The van der Waals surface area contributed by atoms with Gasteiger partial charge in [-0.3, -0.25) is 9.69 Å². The number of carbonyl (C=O) groups is 2. The standard InChI is InChI=1S/C23H30N4O3.ClH/c1-17(2)30-23(29)20-6-5-11-24-21(20)27-14-12-26(13-15-27)16-18-7-9-19(10-8-18)22(28)25(3)4;/h5-11,17H,12-16H2,1-4H3;1H. The van der Waals surface area contributed by atoms with E-state index >= 15 is 0 Å². The summed E-state index contributed by atoms with van der Waals surface area (Å²) >= 11 is 0. The van der Waals surface area contributed by atoms with Crippen LogP contribution < -0.4 is 4.90 Å². The smallest absolute Gasteiger partial charge is 0.342 e. The van der Waals surface area contributed by atoms with Gasteiger partial charge in [-0.1, -0.05) is 12.1 Å². The van der Waals surface area contributed by atoms with E-state index in [4.69, 9.17) is 4.74 Å². The van der Waals surface area contributed by atoms with Crippen LogP contribution >= 0.6 is 12.4 Å². The lowest BCUT2D eigenvalue weighted by Gasteiger charge is -2.36. The van der Waals surface area contributed by atoms with E-state index in [1.165, 1.54) is 5.56 Å². The molecular formula is C23H31ClN4O3. The normalized spacial score (nSPS) is 14.2. The lowest BCUT2D eigenvalue weighted by atomic mass is 10.1. The Morgan fingerprint density at radius 3 is 2.29 bits per heavy atom. The van der Waals surface area contributed by atoms with Crippen molar-refractivity contribution < 1.29 is 14.3 Å². The number of rotatable bonds is 6. The molecule has 0 N–H and O–H groups in total. The third-order valence-corrected chi connectivity index (χ3v) is 5.03. The molecule has 1 fully saturated rings. The van der Waals surface area contributed by atoms with Crippen LogP contribution in [-0.2, 0) is 11.3 Å². The number of hydrogen-bond donors (Lipinski definition) is 0. The molecule has 3 rings (SSSR count). The minimum atomic E-state index is -0.331. The number of ether oxygens (including phenoxy) is 1. The molecule has 1 aromatic heterocycles. The van der Waals surface area contributed by atoms with Crippen LogP contribution in [0.3, 0.4) is 0 Å². The molecular weight excluding hydrogens is 416 g/mol. The van der Waals surface area contributed by atoms with Crippen molar-refractivity contribution >= 4 is 30.1 Å². The number of nitrogens with zero attached hydrogens (tertiary/aromatic N) is 4. The van der Waals surface area contributed by atoms with Crippen LogP contribution in [0.25, 0.3) is 0 Å². The van der Waals surface area contributed by atoms with Gasteiger partial charge in [0.05, 0.1) is 6.10 Å². The number of carbonyl (C=O) groups excluding carboxylic acids is 2. The zero-order valence-corrected chi connectivity index (χ0v) is 19.4. The fraction of sp³-hybridized carbons (Fsp3) is 0.435. The first kappa shape index (κ1) is 24.6. The lowest BCUT2D eigenvalue weighted by Crippen LogP contribution is -2.46. The number of anilines is 1. The van der Waals surface area contributed by atoms with E-state index in [2.05, 4.69) is 14.8 Å². The molecule has 0 spiro atoms. The summed E-state index contributed by atoms with van der Waals surface area (Å²) in [4.78, 5) is 35.0. The third kappa shape index (κ3) is 6.42. The van der Waals surface area contributed by atoms with Gasteiger partial charge in [-0.15, -0.1) is 12.4 Å². The number of piperazine rings is 1. The number of hydrogen-bond acceptors (Lipinski definition) is 6. The summed E-state index contributed by atoms with van der Waals surface area (Å²) in [6, 6.07) is 11.3. The first-order chi connectivity index (χ1) is 14.3. The predicted octanol–water partition coefficient (Wildman–Crippen LogP) is 3.09. The summed E-state index contributed by atoms with van der Waals surface area (Å²) in [5.41, 5.74) is 2.39. The molecule has 7 nitrogen and oxygen atoms in total. The molecule has 0 saturated carbocycles. The van der Waals surface area contributed by atoms with Gasteiger partial charge < -0.3 is 14.5 Å². The Kier molecular flexibility index (Phi) is 8.83. The molecule has 8 heteroatoms. The maximum absolute atomic E-state index is 12.4. The zero-order valence-electron chi connectivity index (χ0n) is 18.6. The summed E-state index contributed by atoms with van der Waals surface area (Å²) in [5.74, 6) is 0.370. The first-order valence-electron chi connectivity index (χ1n) is 10.3. The van der Waals surface area contributed by atoms with E-state index in [0.29, 0.717) is 16.9 Å². The number of halogens is 1. The van der Waals surface area contributed by atoms with Crippen LogP contribution in [0.2, 0.25) is 0 Å². The monoisotopic (exact) mass is 446 g/mol. The van der Waals surface area contributed by atoms with Gasteiger partial charge in [0.1, 0.15) is 11.4 Å². The van der Waals surface area contributed by atoms with Crippen molar-refractivity contribution in [2.75, 3.05) is 45.2 Å². The van der Waals surface area contributed by atoms with Crippen LogP contribution in [0.4, 0.5) is 5.82 Å². The van der Waals surface area contributed by atoms with Crippen molar-refractivity contribution in [1.82, 2.24) is 14.8 Å². The largest absolute Gasteiger partial charge is 0.459 e. The van der Waals surface area contributed by atoms with E-state index in [9.17, 15) is 9.59 Å². The second kappa shape index (κ2) is 11.1. The van der Waals surface area contributed by atoms with Crippen LogP contribution in [0.15, 0.2) is 42.6 Å². The highest BCUT2D eigenvalue weighted by Gasteiger charge is 2.23. The van der Waals surface area contributed by atoms with Gasteiger partial charge in [-0.05, 0) is 43.7 Å². The molecule has 0 bridgehead atoms. The Morgan fingerprint density at radius 1 is 1.06 bits per heavy atom. The van der Waals surface area contributed by atoms with Crippen molar-refractivity contribution in [1.29, 1.82) is 0 Å². The molecule has 1 aromatic carbocycles. The highest BCUT2D eigenvalue weighted by atomic mass is 35.5. The molecule has 0 radical (unpaired) electrons. The van der Waals surface area contributed by atoms with Crippen molar-refractivity contribution in [2.24, 2.45) is 0 Å². The third-order valence-electron chi connectivity index (χ3n) is 5.03. The number of benzene rings is 1. The zero-order chi connectivity index (χ0) is 21.7. The van der Waals surface area contributed by atoms with Gasteiger partial charge >= 0.3 is 5.97 Å². The number of aromatic nitrogens is 1. The number of amides is 1. The Labute approximate surface area is 190 Å². The summed E-state index contributed by atoms with van der Waals surface area (Å²) in [6.45, 7) is 7.83. The first-order valence-corrected chi connectivity index (χ1v) is 10.3. The fourth-order valence-corrected chi connectivity index (χ4v) is 3.47. The van der Waals surface area contributed by atoms with Gasteiger partial charge in [0.15, 0.2) is 0 Å². The van der Waals surface area contributed by atoms with Gasteiger partial charge in [-0.25, -0.2) is 9.78 Å². The molecule has 0 aliphatic carbocycles. The second-order valence-electron chi connectivity index (χ2n) is 7.99. The highest BCUT2D eigenvalue weighted by molar-refractivity contribution is 5.95. The number of esters is 1. The molecule has 0 atom stereocenters. The quantitative estimate of drug-likeness (QED) is 0.635. The van der Waals surface area contributed by atoms with E-state index in [-0.39, 0.29) is 30.4 Å². The molecule has 0 unspecified atom stereocenters. The van der Waals surface area contributed by atoms with Crippen molar-refractivity contribution in [3.8, 4) is 0 Å². The Hall–Kier alpha value is -2.64. The van der Waals surface area contributed by atoms with E-state index in [1.807, 2.05) is 38.1 Å². The molecule has 168 valence electrons. The van der Waals surface area contributed by atoms with Crippen LogP contribution in [0.1, 0.15) is 40.1 Å². The summed E-state index contributed by atoms with van der Waals surface area (Å²) in [7, 11) is 3.51. The molecule has 31 heavy (non-hydrogen) atoms. The highest BCUT2D eigenvalue weighted by Crippen LogP contribution is 2.21. The maximum atomic E-state index is 12.4. The number of pyridine rings is 1. The molecule has 1 aliphatic heterocycles. The molecule has 1 amide bonds. The molecule has 2 heterocycles. The average molecular weight is 447 g/mol. The molecule has 1 aliphatic rings. The van der Waals surface area contributed by atoms with E-state index in [0.717, 1.165) is 32.7 Å². The Bertz CT molecular complexity index is 879. The summed E-state index contributed by atoms with van der Waals surface area (Å²) in [5, 5.41) is 0. The average Bonchev–Trinajstić information content (AvgIpc) is 2.74. The molecule has 2 aromatic rings. The SMILES string of the molecule is CC(C)OC(=O)c1cccnc1N1CCN(Cc2ccc(C(=O)N(C)C)cc2)CC1.Cl. The second-order valence-corrected chi connectivity index (χ2v) is 7.99. The Morgan fingerprint density at radius 2 is 1.71 bits per heavy atom. The molecule has 1 saturated heterocycles. The summed E-state index contributed by atoms with van der Waals surface area (Å²) < 4.78 is 5.37. The van der Waals surface area contributed by atoms with E-state index < -0.39 is 0 Å².